The van der Waals surface area contributed by atoms with E-state index < -0.39 is 0 Å². The second kappa shape index (κ2) is 4.16. The van der Waals surface area contributed by atoms with Gasteiger partial charge >= 0.3 is 0 Å². The van der Waals surface area contributed by atoms with Crippen LogP contribution >= 0.6 is 0 Å². The fourth-order valence-electron chi connectivity index (χ4n) is 1.05. The molecule has 0 radical (unpaired) electrons. The second-order valence-electron chi connectivity index (χ2n) is 3.39. The van der Waals surface area contributed by atoms with Gasteiger partial charge in [0.25, 0.3) is 0 Å². The van der Waals surface area contributed by atoms with Crippen LogP contribution in [-0.2, 0) is 6.54 Å². The van der Waals surface area contributed by atoms with Crippen molar-refractivity contribution < 1.29 is 4.79 Å². The summed E-state index contributed by atoms with van der Waals surface area (Å²) in [7, 11) is 0. The van der Waals surface area contributed by atoms with Crippen molar-refractivity contribution in [3.8, 4) is 0 Å². The summed E-state index contributed by atoms with van der Waals surface area (Å²) in [4.78, 5) is 11.4. The van der Waals surface area contributed by atoms with Crippen LogP contribution in [0.25, 0.3) is 0 Å². The van der Waals surface area contributed by atoms with Gasteiger partial charge in [-0.1, -0.05) is 26.0 Å². The van der Waals surface area contributed by atoms with Crippen molar-refractivity contribution in [2.75, 3.05) is 0 Å². The van der Waals surface area contributed by atoms with E-state index in [1.165, 1.54) is 0 Å². The maximum Gasteiger partial charge on any atom is 0.187 e. The third kappa shape index (κ3) is 2.37. The van der Waals surface area contributed by atoms with Crippen molar-refractivity contribution in [1.29, 1.82) is 0 Å². The molecule has 0 unspecified atom stereocenters. The average Bonchev–Trinajstić information content (AvgIpc) is 2.52. The van der Waals surface area contributed by atoms with E-state index in [1.54, 1.807) is 10.9 Å². The predicted molar refractivity (Wildman–Crippen MR) is 49.5 cm³/mol. The zero-order valence-corrected chi connectivity index (χ0v) is 8.32. The molecule has 72 valence electrons. The molecule has 1 aromatic heterocycles. The van der Waals surface area contributed by atoms with Gasteiger partial charge in [0.05, 0.1) is 6.20 Å². The lowest BCUT2D eigenvalue weighted by atomic mass is 10.1. The molecule has 4 heteroatoms. The first-order valence-corrected chi connectivity index (χ1v) is 4.59. The van der Waals surface area contributed by atoms with E-state index in [0.29, 0.717) is 5.69 Å². The monoisotopic (exact) mass is 181 g/mol. The van der Waals surface area contributed by atoms with Crippen LogP contribution in [0.3, 0.4) is 0 Å². The summed E-state index contributed by atoms with van der Waals surface area (Å²) >= 11 is 0. The minimum absolute atomic E-state index is 0.00761. The Labute approximate surface area is 77.9 Å². The predicted octanol–water partition coefficient (Wildman–Crippen LogP) is 1.53. The summed E-state index contributed by atoms with van der Waals surface area (Å²) in [5, 5.41) is 7.67. The lowest BCUT2D eigenvalue weighted by molar-refractivity contribution is 0.0934. The summed E-state index contributed by atoms with van der Waals surface area (Å²) < 4.78 is 1.70. The highest BCUT2D eigenvalue weighted by atomic mass is 16.1. The maximum atomic E-state index is 11.4. The van der Waals surface area contributed by atoms with Gasteiger partial charge in [0.2, 0.25) is 0 Å². The van der Waals surface area contributed by atoms with E-state index in [2.05, 4.69) is 17.2 Å². The van der Waals surface area contributed by atoms with Gasteiger partial charge in [0.1, 0.15) is 5.69 Å². The Bertz CT molecular complexity index is 291. The first-order valence-electron chi connectivity index (χ1n) is 4.59. The van der Waals surface area contributed by atoms with Crippen molar-refractivity contribution in [2.24, 2.45) is 5.92 Å². The minimum Gasteiger partial charge on any atom is -0.292 e. The van der Waals surface area contributed by atoms with Gasteiger partial charge in [-0.15, -0.1) is 5.10 Å². The molecule has 0 aliphatic heterocycles. The number of hydrogen-bond acceptors (Lipinski definition) is 3. The van der Waals surface area contributed by atoms with Gasteiger partial charge in [-0.05, 0) is 6.42 Å². The normalized spacial score (nSPS) is 10.8. The number of nitrogens with zero attached hydrogens (tertiary/aromatic N) is 3. The summed E-state index contributed by atoms with van der Waals surface area (Å²) in [5.41, 5.74) is 0.475. The zero-order valence-electron chi connectivity index (χ0n) is 8.32. The van der Waals surface area contributed by atoms with E-state index in [-0.39, 0.29) is 11.7 Å². The molecule has 0 saturated heterocycles. The molecule has 0 amide bonds. The minimum atomic E-state index is -0.00761. The zero-order chi connectivity index (χ0) is 9.84. The Morgan fingerprint density at radius 1 is 1.62 bits per heavy atom. The molecule has 1 rings (SSSR count). The number of ketones is 1. The third-order valence-corrected chi connectivity index (χ3v) is 1.77. The van der Waals surface area contributed by atoms with Crippen LogP contribution in [0.2, 0.25) is 0 Å². The lowest BCUT2D eigenvalue weighted by Crippen LogP contribution is -2.07. The van der Waals surface area contributed by atoms with Crippen molar-refractivity contribution in [3.63, 3.8) is 0 Å². The van der Waals surface area contributed by atoms with E-state index in [9.17, 15) is 4.79 Å². The molecule has 13 heavy (non-hydrogen) atoms. The van der Waals surface area contributed by atoms with E-state index in [0.717, 1.165) is 13.0 Å². The van der Waals surface area contributed by atoms with E-state index >= 15 is 0 Å². The highest BCUT2D eigenvalue weighted by Crippen LogP contribution is 2.04. The molecular weight excluding hydrogens is 166 g/mol. The van der Waals surface area contributed by atoms with Crippen molar-refractivity contribution in [1.82, 2.24) is 15.0 Å². The number of hydrogen-bond donors (Lipinski definition) is 0. The first kappa shape index (κ1) is 9.89. The van der Waals surface area contributed by atoms with Crippen LogP contribution in [0.5, 0.6) is 0 Å². The van der Waals surface area contributed by atoms with Gasteiger partial charge in [-0.2, -0.15) is 0 Å². The van der Waals surface area contributed by atoms with Crippen LogP contribution in [0.15, 0.2) is 6.20 Å². The molecule has 1 aromatic rings. The molecule has 0 aromatic carbocycles. The number of Topliss-reactive ketones (excluding diaryl/α,β-unsaturated/α-hetero) is 1. The highest BCUT2D eigenvalue weighted by Gasteiger charge is 2.13. The molecule has 0 saturated carbocycles. The Morgan fingerprint density at radius 2 is 2.31 bits per heavy atom. The van der Waals surface area contributed by atoms with Crippen LogP contribution in [0.4, 0.5) is 0 Å². The smallest absolute Gasteiger partial charge is 0.187 e. The fourth-order valence-corrected chi connectivity index (χ4v) is 1.05. The average molecular weight is 181 g/mol. The molecule has 0 aliphatic carbocycles. The van der Waals surface area contributed by atoms with Crippen molar-refractivity contribution in [2.45, 2.75) is 33.7 Å². The van der Waals surface area contributed by atoms with Crippen LogP contribution in [0.1, 0.15) is 37.7 Å². The summed E-state index contributed by atoms with van der Waals surface area (Å²) in [6.07, 6.45) is 2.71. The number of rotatable bonds is 4. The Balaban J connectivity index is 2.73. The summed E-state index contributed by atoms with van der Waals surface area (Å²) in [5.74, 6) is 0.0501. The largest absolute Gasteiger partial charge is 0.292 e. The number of aryl methyl sites for hydroxylation is 1. The summed E-state index contributed by atoms with van der Waals surface area (Å²) in [6, 6.07) is 0. The van der Waals surface area contributed by atoms with E-state index in [4.69, 9.17) is 0 Å². The third-order valence-electron chi connectivity index (χ3n) is 1.77. The molecule has 0 aliphatic rings. The van der Waals surface area contributed by atoms with Crippen LogP contribution < -0.4 is 0 Å². The standard InChI is InChI=1S/C9H15N3O/c1-4-5-12-6-8(10-11-12)9(13)7(2)3/h6-7H,4-5H2,1-3H3. The molecule has 4 nitrogen and oxygen atoms in total. The molecule has 0 spiro atoms. The van der Waals surface area contributed by atoms with E-state index in [1.807, 2.05) is 13.8 Å². The van der Waals surface area contributed by atoms with Crippen LogP contribution in [0, 0.1) is 5.92 Å². The molecule has 0 bridgehead atoms. The number of carbonyl (C=O) groups excluding carboxylic acids is 1. The topological polar surface area (TPSA) is 47.8 Å². The SMILES string of the molecule is CCCn1cc(C(=O)C(C)C)nn1. The van der Waals surface area contributed by atoms with Gasteiger partial charge in [-0.3, -0.25) is 9.48 Å². The maximum absolute atomic E-state index is 11.4. The highest BCUT2D eigenvalue weighted by molar-refractivity contribution is 5.95. The van der Waals surface area contributed by atoms with Gasteiger partial charge in [0, 0.05) is 12.5 Å². The Morgan fingerprint density at radius 3 is 2.85 bits per heavy atom. The molecule has 0 N–H and O–H groups in total. The lowest BCUT2D eigenvalue weighted by Gasteiger charge is -1.97. The van der Waals surface area contributed by atoms with Gasteiger partial charge in [-0.25, -0.2) is 0 Å². The summed E-state index contributed by atoms with van der Waals surface area (Å²) in [6.45, 7) is 6.60. The number of aromatic nitrogens is 3. The fraction of sp³-hybridized carbons (Fsp3) is 0.667. The molecule has 0 fully saturated rings. The van der Waals surface area contributed by atoms with Gasteiger partial charge in [0.15, 0.2) is 5.78 Å². The molecule has 1 heterocycles. The quantitative estimate of drug-likeness (QED) is 0.662. The molecule has 0 atom stereocenters. The Kier molecular flexibility index (Phi) is 3.17. The van der Waals surface area contributed by atoms with Gasteiger partial charge < -0.3 is 0 Å². The van der Waals surface area contributed by atoms with Crippen LogP contribution in [-0.4, -0.2) is 20.8 Å². The molecular formula is C9H15N3O. The van der Waals surface area contributed by atoms with Crippen molar-refractivity contribution >= 4 is 5.78 Å². The second-order valence-corrected chi connectivity index (χ2v) is 3.39. The van der Waals surface area contributed by atoms with Crippen molar-refractivity contribution in [3.05, 3.63) is 11.9 Å². The first-order chi connectivity index (χ1) is 6.15. The number of carbonyl (C=O) groups is 1. The Hall–Kier alpha value is -1.19.